The molecule has 0 saturated carbocycles. The van der Waals surface area contributed by atoms with Crippen LogP contribution in [0.2, 0.25) is 0 Å². The van der Waals surface area contributed by atoms with Gasteiger partial charge in [0.2, 0.25) is 0 Å². The Morgan fingerprint density at radius 3 is 1.62 bits per heavy atom. The summed E-state index contributed by atoms with van der Waals surface area (Å²) in [7, 11) is 2.16. The predicted molar refractivity (Wildman–Crippen MR) is 155 cm³/mol. The number of nitrogens with zero attached hydrogens (tertiary/aromatic N) is 2. The van der Waals surface area contributed by atoms with Gasteiger partial charge in [-0.2, -0.15) is 5.70 Å². The van der Waals surface area contributed by atoms with E-state index in [1.54, 1.807) is 2.52 Å². The Kier molecular flexibility index (Phi) is 24.7. The third-order valence-electron chi connectivity index (χ3n) is 6.89. The van der Waals surface area contributed by atoms with Crippen molar-refractivity contribution in [3.63, 3.8) is 0 Å². The molecule has 0 rings (SSSR count). The first-order chi connectivity index (χ1) is 16.4. The number of likely N-dealkylation sites (N-methyl/N-ethyl adjacent to an activating group) is 1. The molecule has 1 atom stereocenters. The van der Waals surface area contributed by atoms with Gasteiger partial charge in [0.25, 0.3) is 0 Å². The maximum absolute atomic E-state index is 5.08. The van der Waals surface area contributed by atoms with Crippen LogP contribution in [0.5, 0.6) is 0 Å². The minimum atomic E-state index is -0.670. The molecule has 0 aromatic heterocycles. The van der Waals surface area contributed by atoms with Crippen LogP contribution in [0.25, 0.3) is 5.32 Å². The quantitative estimate of drug-likeness (QED) is 0.0687. The van der Waals surface area contributed by atoms with Crippen molar-refractivity contribution in [1.29, 1.82) is 0 Å². The summed E-state index contributed by atoms with van der Waals surface area (Å²) in [5, 5.41) is 5.08. The molecule has 1 unspecified atom stereocenters. The third kappa shape index (κ3) is 23.8. The Labute approximate surface area is 228 Å². The molecule has 0 radical (unpaired) electrons. The van der Waals surface area contributed by atoms with Crippen LogP contribution in [0.1, 0.15) is 136 Å². The summed E-state index contributed by atoms with van der Waals surface area (Å²) in [6, 6.07) is 0.487. The fourth-order valence-corrected chi connectivity index (χ4v) is 5.90. The molecular weight excluding hydrogens is 638 g/mol. The Hall–Kier alpha value is 0.0319. The Morgan fingerprint density at radius 1 is 0.735 bits per heavy atom. The molecule has 0 N–H and O–H groups in total. The Bertz CT molecular complexity index is 562. The first-order valence-corrected chi connectivity index (χ1v) is 19.5. The summed E-state index contributed by atoms with van der Waals surface area (Å²) >= 11 is -0.670. The van der Waals surface area contributed by atoms with Crippen LogP contribution >= 0.6 is 0 Å². The van der Waals surface area contributed by atoms with Gasteiger partial charge in [0, 0.05) is 6.54 Å². The molecule has 0 bridgehead atoms. The summed E-state index contributed by atoms with van der Waals surface area (Å²) in [5.74, 6) is 0. The molecule has 198 valence electrons. The zero-order chi connectivity index (χ0) is 25.4. The summed E-state index contributed by atoms with van der Waals surface area (Å²) in [5.41, 5.74) is 2.41. The van der Waals surface area contributed by atoms with Crippen molar-refractivity contribution in [2.45, 2.75) is 142 Å². The Balaban J connectivity index is 4.04. The average Bonchev–Trinajstić information content (AvgIpc) is 2.80. The topological polar surface area (TPSA) is 17.3 Å². The van der Waals surface area contributed by atoms with Crippen LogP contribution in [0.15, 0.2) is 24.4 Å². The van der Waals surface area contributed by atoms with Crippen LogP contribution in [0.4, 0.5) is 0 Å². The second-order valence-electron chi connectivity index (χ2n) is 10.6. The van der Waals surface area contributed by atoms with Gasteiger partial charge in [0.05, 0.1) is 0 Å². The standard InChI is InChI=1S/C30H57N2.CH2.U/c1-7-9-10-11-12-13-16-19-22-25-30(31-29(5)27-32(6)8-2)26-23-20-17-14-15-18-21-24-28(3)4;;/h30H,3,5,8-27H2,1-2,4,6H3;1H2;/q-1;;. The molecule has 0 aromatic rings. The van der Waals surface area contributed by atoms with Gasteiger partial charge < -0.3 is 4.90 Å². The van der Waals surface area contributed by atoms with Gasteiger partial charge in [-0.25, -0.2) is 0 Å². The molecule has 34 heavy (non-hydrogen) atoms. The summed E-state index contributed by atoms with van der Waals surface area (Å²) < 4.78 is 5.95. The van der Waals surface area contributed by atoms with E-state index in [1.807, 2.05) is 0 Å². The van der Waals surface area contributed by atoms with Crippen molar-refractivity contribution in [3.8, 4) is 0 Å². The van der Waals surface area contributed by atoms with Crippen molar-refractivity contribution in [2.24, 2.45) is 0 Å². The van der Waals surface area contributed by atoms with E-state index in [0.29, 0.717) is 6.04 Å². The fourth-order valence-electron chi connectivity index (χ4n) is 4.43. The van der Waals surface area contributed by atoms with Crippen molar-refractivity contribution in [1.82, 2.24) is 4.90 Å². The van der Waals surface area contributed by atoms with Crippen molar-refractivity contribution in [2.75, 3.05) is 20.1 Å². The van der Waals surface area contributed by atoms with E-state index in [0.717, 1.165) is 18.8 Å². The molecule has 0 spiro atoms. The number of hydrogen-bond donors (Lipinski definition) is 0. The van der Waals surface area contributed by atoms with Gasteiger partial charge >= 0.3 is 115 Å². The normalized spacial score (nSPS) is 11.9. The van der Waals surface area contributed by atoms with Gasteiger partial charge in [0.15, 0.2) is 0 Å². The molecule has 0 aliphatic heterocycles. The van der Waals surface area contributed by atoms with E-state index >= 15 is 0 Å². The average molecular weight is 698 g/mol. The van der Waals surface area contributed by atoms with Crippen molar-refractivity contribution < 1.29 is 26.7 Å². The zero-order valence-corrected chi connectivity index (χ0v) is 27.9. The van der Waals surface area contributed by atoms with E-state index < -0.39 is 26.7 Å². The first kappa shape index (κ1) is 34.0. The zero-order valence-electron chi connectivity index (χ0n) is 23.7. The van der Waals surface area contributed by atoms with Crippen molar-refractivity contribution >= 4 is 6.06 Å². The summed E-state index contributed by atoms with van der Waals surface area (Å²) in [6.45, 7) is 16.9. The summed E-state index contributed by atoms with van der Waals surface area (Å²) in [6.07, 6.45) is 24.4. The second-order valence-corrected chi connectivity index (χ2v) is 15.6. The van der Waals surface area contributed by atoms with Gasteiger partial charge in [0.1, 0.15) is 0 Å². The molecule has 0 aliphatic rings. The van der Waals surface area contributed by atoms with Crippen LogP contribution in [0, 0.1) is 26.7 Å². The minimum Gasteiger partial charge on any atom is -0.304 e. The molecular formula is C31H59N2U-. The third-order valence-corrected chi connectivity index (χ3v) is 10.4. The molecule has 0 saturated heterocycles. The molecule has 0 fully saturated rings. The van der Waals surface area contributed by atoms with Crippen LogP contribution < -0.4 is 0 Å². The molecule has 0 heterocycles. The molecule has 0 aromatic carbocycles. The summed E-state index contributed by atoms with van der Waals surface area (Å²) in [4.78, 5) is 2.30. The van der Waals surface area contributed by atoms with Gasteiger partial charge in [-0.1, -0.05) is 51.0 Å². The number of unbranched alkanes of at least 4 members (excludes halogenated alkanes) is 12. The monoisotopic (exact) mass is 698 g/mol. The molecule has 0 amide bonds. The Morgan fingerprint density at radius 2 is 1.18 bits per heavy atom. The fraction of sp³-hybridized carbons (Fsp3) is 0.806. The molecule has 0 aliphatic carbocycles. The van der Waals surface area contributed by atoms with Gasteiger partial charge in [-0.3, -0.25) is 0 Å². The van der Waals surface area contributed by atoms with Crippen LogP contribution in [-0.4, -0.2) is 37.1 Å². The molecule has 2 nitrogen and oxygen atoms in total. The minimum absolute atomic E-state index is 0.487. The number of allylic oxidation sites excluding steroid dienone is 1. The van der Waals surface area contributed by atoms with E-state index in [2.05, 4.69) is 49.4 Å². The van der Waals surface area contributed by atoms with Crippen LogP contribution in [0.3, 0.4) is 0 Å². The van der Waals surface area contributed by atoms with Crippen LogP contribution in [-0.2, 0) is 0 Å². The van der Waals surface area contributed by atoms with Crippen molar-refractivity contribution in [3.05, 3.63) is 29.7 Å². The van der Waals surface area contributed by atoms with Gasteiger partial charge in [-0.05, 0) is 33.4 Å². The number of hydrogen-bond acceptors (Lipinski definition) is 1. The van der Waals surface area contributed by atoms with E-state index in [1.165, 1.54) is 121 Å². The predicted octanol–water partition coefficient (Wildman–Crippen LogP) is 9.50. The van der Waals surface area contributed by atoms with Gasteiger partial charge in [-0.15, -0.1) is 13.2 Å². The van der Waals surface area contributed by atoms with E-state index in [9.17, 15) is 0 Å². The first-order valence-electron chi connectivity index (χ1n) is 14.5. The SMILES string of the molecule is [CH2]=[U]=[C](C)CCCCCCCCCC(CCCCCCCCCC(=C)C)[N-]C(=C)CN(C)CC. The second kappa shape index (κ2) is 24.7. The molecule has 3 heteroatoms. The van der Waals surface area contributed by atoms with E-state index in [4.69, 9.17) is 5.32 Å². The maximum atomic E-state index is 5.08. The smallest absolute Gasteiger partial charge is 0.304 e. The number of rotatable bonds is 25. The van der Waals surface area contributed by atoms with E-state index in [-0.39, 0.29) is 0 Å².